The van der Waals surface area contributed by atoms with E-state index in [2.05, 4.69) is 52.3 Å². The van der Waals surface area contributed by atoms with Crippen LogP contribution in [0.1, 0.15) is 48.0 Å². The van der Waals surface area contributed by atoms with Crippen molar-refractivity contribution in [2.75, 3.05) is 0 Å². The standard InChI is InChI=1S/C17H28BNO/c1-8-10-15(12-14(3)19-11-9-2)18-13-16(4,5)17(6,7)20-18/h8,10-12H,3,9,13H2,1-2,4-7H3/b10-8?,15-12+,19-11?. The highest BCUT2D eigenvalue weighted by atomic mass is 16.5. The molecule has 2 nitrogen and oxygen atoms in total. The Hall–Kier alpha value is -1.09. The maximum absolute atomic E-state index is 6.27. The normalized spacial score (nSPS) is 22.1. The van der Waals surface area contributed by atoms with Crippen molar-refractivity contribution in [3.63, 3.8) is 0 Å². The van der Waals surface area contributed by atoms with Crippen molar-refractivity contribution in [1.29, 1.82) is 0 Å². The van der Waals surface area contributed by atoms with Gasteiger partial charge < -0.3 is 4.65 Å². The van der Waals surface area contributed by atoms with Crippen molar-refractivity contribution in [2.24, 2.45) is 10.4 Å². The molecular formula is C17H28BNO. The summed E-state index contributed by atoms with van der Waals surface area (Å²) in [6, 6.07) is 0. The summed E-state index contributed by atoms with van der Waals surface area (Å²) in [5.41, 5.74) is 1.98. The lowest BCUT2D eigenvalue weighted by Crippen LogP contribution is -2.34. The van der Waals surface area contributed by atoms with Crippen LogP contribution in [0.5, 0.6) is 0 Å². The molecule has 0 N–H and O–H groups in total. The second kappa shape index (κ2) is 6.58. The highest BCUT2D eigenvalue weighted by Gasteiger charge is 2.50. The largest absolute Gasteiger partial charge is 0.426 e. The molecule has 0 radical (unpaired) electrons. The molecule has 0 spiro atoms. The Balaban J connectivity index is 2.97. The van der Waals surface area contributed by atoms with Gasteiger partial charge >= 0.3 is 6.92 Å². The Bertz CT molecular complexity index is 428. The lowest BCUT2D eigenvalue weighted by molar-refractivity contribution is 0.0371. The highest BCUT2D eigenvalue weighted by Crippen LogP contribution is 2.46. The summed E-state index contributed by atoms with van der Waals surface area (Å²) in [7, 11) is 0. The van der Waals surface area contributed by atoms with E-state index in [0.29, 0.717) is 0 Å². The lowest BCUT2D eigenvalue weighted by Gasteiger charge is -2.34. The summed E-state index contributed by atoms with van der Waals surface area (Å²) in [5.74, 6) is 0. The first-order valence-corrected chi connectivity index (χ1v) is 7.47. The van der Waals surface area contributed by atoms with Crippen molar-refractivity contribution in [3.8, 4) is 0 Å². The van der Waals surface area contributed by atoms with Crippen LogP contribution in [0.15, 0.2) is 41.0 Å². The second-order valence-corrected chi connectivity index (χ2v) is 6.56. The lowest BCUT2D eigenvalue weighted by atomic mass is 9.53. The predicted octanol–water partition coefficient (Wildman–Crippen LogP) is 4.85. The average molecular weight is 273 g/mol. The van der Waals surface area contributed by atoms with Crippen molar-refractivity contribution in [2.45, 2.75) is 59.9 Å². The maximum atomic E-state index is 6.27. The van der Waals surface area contributed by atoms with E-state index >= 15 is 0 Å². The first-order valence-electron chi connectivity index (χ1n) is 7.47. The van der Waals surface area contributed by atoms with E-state index in [4.69, 9.17) is 4.65 Å². The molecule has 3 heteroatoms. The number of rotatable bonds is 5. The van der Waals surface area contributed by atoms with Crippen LogP contribution < -0.4 is 0 Å². The van der Waals surface area contributed by atoms with Gasteiger partial charge in [0.05, 0.1) is 11.3 Å². The first-order chi connectivity index (χ1) is 9.23. The smallest absolute Gasteiger partial charge is 0.328 e. The highest BCUT2D eigenvalue weighted by molar-refractivity contribution is 6.62. The second-order valence-electron chi connectivity index (χ2n) is 6.56. The van der Waals surface area contributed by atoms with Crippen molar-refractivity contribution in [3.05, 3.63) is 36.0 Å². The van der Waals surface area contributed by atoms with Crippen LogP contribution in [0.25, 0.3) is 0 Å². The fraction of sp³-hybridized carbons (Fsp3) is 0.588. The molecule has 0 amide bonds. The van der Waals surface area contributed by atoms with E-state index < -0.39 is 0 Å². The van der Waals surface area contributed by atoms with Crippen LogP contribution in [0, 0.1) is 5.41 Å². The zero-order valence-corrected chi connectivity index (χ0v) is 13.9. The Morgan fingerprint density at radius 3 is 2.45 bits per heavy atom. The van der Waals surface area contributed by atoms with Crippen LogP contribution in [-0.4, -0.2) is 18.7 Å². The van der Waals surface area contributed by atoms with Crippen molar-refractivity contribution < 1.29 is 4.65 Å². The van der Waals surface area contributed by atoms with Crippen LogP contribution >= 0.6 is 0 Å². The van der Waals surface area contributed by atoms with Gasteiger partial charge in [0, 0.05) is 6.21 Å². The van der Waals surface area contributed by atoms with Gasteiger partial charge in [0.2, 0.25) is 0 Å². The van der Waals surface area contributed by atoms with Crippen molar-refractivity contribution in [1.82, 2.24) is 0 Å². The Kier molecular flexibility index (Phi) is 5.58. The van der Waals surface area contributed by atoms with Gasteiger partial charge in [-0.2, -0.15) is 0 Å². The monoisotopic (exact) mass is 273 g/mol. The Morgan fingerprint density at radius 2 is 2.00 bits per heavy atom. The average Bonchev–Trinajstić information content (AvgIpc) is 2.55. The molecule has 0 unspecified atom stereocenters. The Morgan fingerprint density at radius 1 is 1.35 bits per heavy atom. The minimum atomic E-state index is -0.119. The molecule has 1 aliphatic heterocycles. The summed E-state index contributed by atoms with van der Waals surface area (Å²) in [6.45, 7) is 17.1. The minimum Gasteiger partial charge on any atom is -0.426 e. The number of hydrogen-bond acceptors (Lipinski definition) is 2. The molecular weight excluding hydrogens is 245 g/mol. The Labute approximate surface area is 124 Å². The topological polar surface area (TPSA) is 21.6 Å². The molecule has 0 aromatic rings. The van der Waals surface area contributed by atoms with E-state index in [-0.39, 0.29) is 17.9 Å². The number of nitrogens with zero attached hydrogens (tertiary/aromatic N) is 1. The molecule has 0 saturated carbocycles. The molecule has 0 aromatic heterocycles. The van der Waals surface area contributed by atoms with E-state index in [9.17, 15) is 0 Å². The number of aliphatic imine (C=N–C) groups is 1. The maximum Gasteiger partial charge on any atom is 0.328 e. The minimum absolute atomic E-state index is 0.116. The first kappa shape index (κ1) is 17.0. The molecule has 1 fully saturated rings. The van der Waals surface area contributed by atoms with Crippen LogP contribution in [0.3, 0.4) is 0 Å². The fourth-order valence-corrected chi connectivity index (χ4v) is 2.33. The number of hydrogen-bond donors (Lipinski definition) is 0. The van der Waals surface area contributed by atoms with E-state index in [1.807, 2.05) is 25.3 Å². The molecule has 1 rings (SSSR count). The molecule has 1 aliphatic rings. The predicted molar refractivity (Wildman–Crippen MR) is 90.3 cm³/mol. The zero-order valence-electron chi connectivity index (χ0n) is 13.9. The fourth-order valence-electron chi connectivity index (χ4n) is 2.33. The molecule has 0 bridgehead atoms. The third kappa shape index (κ3) is 3.95. The van der Waals surface area contributed by atoms with Gasteiger partial charge in [0.15, 0.2) is 0 Å². The van der Waals surface area contributed by atoms with Crippen LogP contribution in [-0.2, 0) is 4.65 Å². The summed E-state index contributed by atoms with van der Waals surface area (Å²) in [5, 5.41) is 0. The van der Waals surface area contributed by atoms with E-state index in [1.54, 1.807) is 0 Å². The molecule has 1 saturated heterocycles. The summed E-state index contributed by atoms with van der Waals surface area (Å²) in [4.78, 5) is 4.32. The van der Waals surface area contributed by atoms with Gasteiger partial charge in [0.25, 0.3) is 0 Å². The van der Waals surface area contributed by atoms with E-state index in [1.165, 1.54) is 0 Å². The quantitative estimate of drug-likeness (QED) is 0.398. The SMILES string of the molecule is C=C(/C=C(\C=CC)B1CC(C)(C)C(C)(C)O1)N=CCC. The molecule has 1 heterocycles. The third-order valence-corrected chi connectivity index (χ3v) is 4.27. The van der Waals surface area contributed by atoms with Gasteiger partial charge in [-0.05, 0) is 50.5 Å². The van der Waals surface area contributed by atoms with Crippen LogP contribution in [0.2, 0.25) is 6.32 Å². The number of allylic oxidation sites excluding steroid dienone is 4. The third-order valence-electron chi connectivity index (χ3n) is 4.27. The molecule has 110 valence electrons. The van der Waals surface area contributed by atoms with Gasteiger partial charge in [-0.3, -0.25) is 4.99 Å². The van der Waals surface area contributed by atoms with Gasteiger partial charge in [-0.1, -0.05) is 39.5 Å². The summed E-state index contributed by atoms with van der Waals surface area (Å²) < 4.78 is 6.27. The zero-order chi connectivity index (χ0) is 15.4. The van der Waals surface area contributed by atoms with E-state index in [0.717, 1.165) is 23.9 Å². The molecule has 0 aromatic carbocycles. The van der Waals surface area contributed by atoms with Gasteiger partial charge in [-0.25, -0.2) is 0 Å². The summed E-state index contributed by atoms with van der Waals surface area (Å²) in [6.07, 6.45) is 10.0. The van der Waals surface area contributed by atoms with Gasteiger partial charge in [-0.15, -0.1) is 0 Å². The summed E-state index contributed by atoms with van der Waals surface area (Å²) >= 11 is 0. The molecule has 0 atom stereocenters. The van der Waals surface area contributed by atoms with Gasteiger partial charge in [0.1, 0.15) is 0 Å². The van der Waals surface area contributed by atoms with Crippen molar-refractivity contribution >= 4 is 13.1 Å². The van der Waals surface area contributed by atoms with Crippen LogP contribution in [0.4, 0.5) is 0 Å². The molecule has 20 heavy (non-hydrogen) atoms. The molecule has 0 aliphatic carbocycles.